The molecule has 2 heterocycles. The first-order chi connectivity index (χ1) is 21.1. The molecule has 13 heteroatoms. The van der Waals surface area contributed by atoms with E-state index >= 15 is 0 Å². The monoisotopic (exact) mass is 631 g/mol. The minimum atomic E-state index is -1.59. The van der Waals surface area contributed by atoms with Gasteiger partial charge >= 0.3 is 5.97 Å². The van der Waals surface area contributed by atoms with Crippen molar-refractivity contribution in [2.24, 2.45) is 17.8 Å². The third kappa shape index (κ3) is 7.83. The summed E-state index contributed by atoms with van der Waals surface area (Å²) < 4.78 is 28.3. The van der Waals surface area contributed by atoms with E-state index in [0.717, 1.165) is 19.3 Å². The summed E-state index contributed by atoms with van der Waals surface area (Å²) in [4.78, 5) is 13.2. The lowest BCUT2D eigenvalue weighted by Crippen LogP contribution is -2.62. The maximum Gasteiger partial charge on any atom is 0.331 e. The number of fused-ring (bicyclic) bond motifs is 1. The van der Waals surface area contributed by atoms with E-state index in [9.17, 15) is 40.5 Å². The Hall–Kier alpha value is -1.23. The molecule has 0 aromatic heterocycles. The Morgan fingerprint density at radius 2 is 1.59 bits per heavy atom. The van der Waals surface area contributed by atoms with E-state index in [-0.39, 0.29) is 48.6 Å². The van der Waals surface area contributed by atoms with E-state index in [1.165, 1.54) is 6.08 Å². The Labute approximate surface area is 257 Å². The molecule has 0 aromatic carbocycles. The van der Waals surface area contributed by atoms with Crippen LogP contribution in [0.25, 0.3) is 0 Å². The SMILES string of the molecule is COC1CC(C=CC(=O)OC2CC3C(OC4OC(CO)C(O)C(O)C4O)CC(O)CC3[OH+]C2C2CCC(O)CC2)CCC1O. The predicted octanol–water partition coefficient (Wildman–Crippen LogP) is -1.19. The molecule has 14 atom stereocenters. The van der Waals surface area contributed by atoms with E-state index in [1.807, 2.05) is 6.08 Å². The fraction of sp³-hybridized carbons (Fsp3) is 0.903. The summed E-state index contributed by atoms with van der Waals surface area (Å²) in [5.74, 6) is -0.609. The van der Waals surface area contributed by atoms with Gasteiger partial charge in [0.25, 0.3) is 0 Å². The van der Waals surface area contributed by atoms with Gasteiger partial charge in [-0.25, -0.2) is 4.79 Å². The molecule has 0 bridgehead atoms. The lowest BCUT2D eigenvalue weighted by molar-refractivity contribution is -0.342. The van der Waals surface area contributed by atoms with Crippen molar-refractivity contribution in [2.75, 3.05) is 13.7 Å². The van der Waals surface area contributed by atoms with Crippen LogP contribution in [0, 0.1) is 17.8 Å². The number of aliphatic hydroxyl groups excluding tert-OH is 7. The average Bonchev–Trinajstić information content (AvgIpc) is 3.01. The van der Waals surface area contributed by atoms with Gasteiger partial charge in [0.2, 0.25) is 0 Å². The van der Waals surface area contributed by atoms with E-state index in [4.69, 9.17) is 23.7 Å². The van der Waals surface area contributed by atoms with Crippen molar-refractivity contribution in [1.29, 1.82) is 0 Å². The zero-order valence-electron chi connectivity index (χ0n) is 25.3. The quantitative estimate of drug-likeness (QED) is 0.0958. The molecule has 5 fully saturated rings. The molecular formula is C31H51O13+. The smallest absolute Gasteiger partial charge is 0.331 e. The molecule has 0 aromatic rings. The number of aliphatic hydroxyl groups is 9. The van der Waals surface area contributed by atoms with E-state index in [0.29, 0.717) is 38.5 Å². The van der Waals surface area contributed by atoms with E-state index < -0.39 is 67.7 Å². The summed E-state index contributed by atoms with van der Waals surface area (Å²) >= 11 is 0. The number of esters is 1. The van der Waals surface area contributed by atoms with Crippen LogP contribution in [0.15, 0.2) is 12.2 Å². The van der Waals surface area contributed by atoms with Crippen LogP contribution < -0.4 is 0 Å². The van der Waals surface area contributed by atoms with Crippen molar-refractivity contribution >= 4 is 5.97 Å². The Kier molecular flexibility index (Phi) is 11.7. The summed E-state index contributed by atoms with van der Waals surface area (Å²) in [7, 11) is 1.57. The topological polar surface area (TPSA) is 208 Å². The Morgan fingerprint density at radius 3 is 2.30 bits per heavy atom. The molecule has 13 nitrogen and oxygen atoms in total. The number of rotatable bonds is 8. The number of hydrogen-bond acceptors (Lipinski definition) is 12. The first kappa shape index (κ1) is 34.1. The van der Waals surface area contributed by atoms with E-state index in [1.54, 1.807) is 7.11 Å². The number of carbonyl (C=O) groups excluding carboxylic acids is 1. The first-order valence-electron chi connectivity index (χ1n) is 16.2. The third-order valence-electron chi connectivity index (χ3n) is 10.5. The summed E-state index contributed by atoms with van der Waals surface area (Å²) in [5, 5.41) is 71.6. The van der Waals surface area contributed by atoms with Gasteiger partial charge in [0.15, 0.2) is 24.6 Å². The molecule has 252 valence electrons. The molecule has 0 amide bonds. The van der Waals surface area contributed by atoms with Crippen molar-refractivity contribution in [3.8, 4) is 0 Å². The normalized spacial score (nSPS) is 48.5. The molecule has 14 unspecified atom stereocenters. The van der Waals surface area contributed by atoms with Gasteiger partial charge in [-0.05, 0) is 50.9 Å². The highest BCUT2D eigenvalue weighted by atomic mass is 16.7. The molecular weight excluding hydrogens is 580 g/mol. The van der Waals surface area contributed by atoms with Gasteiger partial charge in [-0.3, -0.25) is 0 Å². The molecule has 44 heavy (non-hydrogen) atoms. The van der Waals surface area contributed by atoms with Crippen molar-refractivity contribution in [3.05, 3.63) is 12.2 Å². The maximum atomic E-state index is 13.2. The standard InChI is InChI=1S/C31H50O13/c1-40-23-10-15(2-8-20(23)35)3-9-26(36)41-24-13-19-21(42-30(24)16-4-6-17(33)7-5-16)11-18(34)12-22(19)43-31-29(39)28(38)27(37)25(14-32)44-31/h3,9,15-25,27-35,37-39H,2,4-8,10-14H2,1H3/p+1. The van der Waals surface area contributed by atoms with Crippen LogP contribution in [0.2, 0.25) is 0 Å². The first-order valence-corrected chi connectivity index (χ1v) is 16.2. The van der Waals surface area contributed by atoms with E-state index in [2.05, 4.69) is 0 Å². The van der Waals surface area contributed by atoms with Crippen LogP contribution >= 0.6 is 0 Å². The molecule has 0 radical (unpaired) electrons. The summed E-state index contributed by atoms with van der Waals surface area (Å²) in [6.07, 6.45) is -1.97. The molecule has 3 saturated carbocycles. The Morgan fingerprint density at radius 1 is 0.841 bits per heavy atom. The molecule has 8 N–H and O–H groups in total. The third-order valence-corrected chi connectivity index (χ3v) is 10.5. The average molecular weight is 632 g/mol. The minimum Gasteiger partial charge on any atom is -0.451 e. The fourth-order valence-corrected chi connectivity index (χ4v) is 7.92. The van der Waals surface area contributed by atoms with Crippen LogP contribution in [0.4, 0.5) is 0 Å². The minimum absolute atomic E-state index is 0.0723. The largest absolute Gasteiger partial charge is 0.451 e. The van der Waals surface area contributed by atoms with Gasteiger partial charge in [0, 0.05) is 38.4 Å². The van der Waals surface area contributed by atoms with Gasteiger partial charge in [-0.2, -0.15) is 0 Å². The van der Waals surface area contributed by atoms with Crippen LogP contribution in [0.5, 0.6) is 0 Å². The fourth-order valence-electron chi connectivity index (χ4n) is 7.92. The number of methoxy groups -OCH3 is 1. The Bertz CT molecular complexity index is 955. The van der Waals surface area contributed by atoms with Crippen LogP contribution in [-0.4, -0.2) is 140 Å². The van der Waals surface area contributed by atoms with Gasteiger partial charge in [0.1, 0.15) is 24.4 Å². The molecule has 5 rings (SSSR count). The lowest BCUT2D eigenvalue weighted by Gasteiger charge is -2.48. The highest BCUT2D eigenvalue weighted by molar-refractivity contribution is 5.82. The molecule has 0 spiro atoms. The summed E-state index contributed by atoms with van der Waals surface area (Å²) in [5.41, 5.74) is 0. The number of ether oxygens (including phenoxy) is 5. The van der Waals surface area contributed by atoms with Crippen molar-refractivity contribution < 1.29 is 64.2 Å². The second-order valence-corrected chi connectivity index (χ2v) is 13.4. The predicted molar refractivity (Wildman–Crippen MR) is 153 cm³/mol. The summed E-state index contributed by atoms with van der Waals surface area (Å²) in [6.45, 7) is -0.587. The number of carbonyl (C=O) groups is 1. The van der Waals surface area contributed by atoms with Gasteiger partial charge in [-0.15, -0.1) is 0 Å². The maximum absolute atomic E-state index is 13.2. The van der Waals surface area contributed by atoms with Crippen molar-refractivity contribution in [2.45, 2.75) is 144 Å². The highest BCUT2D eigenvalue weighted by Crippen LogP contribution is 2.43. The zero-order chi connectivity index (χ0) is 31.5. The van der Waals surface area contributed by atoms with Crippen LogP contribution in [-0.2, 0) is 23.7 Å². The van der Waals surface area contributed by atoms with Gasteiger partial charge in [-0.1, -0.05) is 6.08 Å². The van der Waals surface area contributed by atoms with Crippen LogP contribution in [0.3, 0.4) is 0 Å². The number of hydrogen-bond donors (Lipinski definition) is 7. The lowest BCUT2D eigenvalue weighted by atomic mass is 9.73. The second kappa shape index (κ2) is 15.1. The highest BCUT2D eigenvalue weighted by Gasteiger charge is 2.55. The molecule has 2 aliphatic heterocycles. The molecule has 5 aliphatic rings. The van der Waals surface area contributed by atoms with Crippen LogP contribution in [0.1, 0.15) is 64.2 Å². The molecule has 2 saturated heterocycles. The van der Waals surface area contributed by atoms with Gasteiger partial charge in [0.05, 0.1) is 43.0 Å². The van der Waals surface area contributed by atoms with Crippen molar-refractivity contribution in [1.82, 2.24) is 0 Å². The number of allylic oxidation sites excluding steroid dienone is 1. The van der Waals surface area contributed by atoms with Gasteiger partial charge < -0.3 is 59.4 Å². The van der Waals surface area contributed by atoms with Crippen molar-refractivity contribution in [3.63, 3.8) is 0 Å². The Balaban J connectivity index is 1.30. The summed E-state index contributed by atoms with van der Waals surface area (Å²) in [6, 6.07) is 0. The second-order valence-electron chi connectivity index (χ2n) is 13.4. The zero-order valence-corrected chi connectivity index (χ0v) is 25.3. The molecule has 3 aliphatic carbocycles.